The molecule has 0 bridgehead atoms. The fourth-order valence-corrected chi connectivity index (χ4v) is 5.12. The summed E-state index contributed by atoms with van der Waals surface area (Å²) < 4.78 is 496. The largest absolute Gasteiger partial charge is 1.00 e. The third-order valence-corrected chi connectivity index (χ3v) is 9.96. The van der Waals surface area contributed by atoms with Crippen LogP contribution in [0.2, 0.25) is 0 Å². The standard InChI is InChI=1S/C28H20F34O10S.Na/c29-13(30,15(33,34)17(37,38)19(41,42)21(45,46)23(49,50)25(53,54)27(57,58)59)1-3-68-5-7-70-11(63)9-10(73(66,67)72-65)12(64)71-8-6-69-4-2-14(31,32)16(35,36)18(39,40)20(43,44)22(47,48)24(51,52)26(55,56)28(60,61)62;/h10,65H,1-9H2;/q;+1/p-1. The smallest absolute Gasteiger partial charge is 0.707 e. The van der Waals surface area contributed by atoms with Gasteiger partial charge in [-0.25, -0.2) is 0 Å². The van der Waals surface area contributed by atoms with Crippen molar-refractivity contribution < 1.29 is 225 Å². The Morgan fingerprint density at radius 3 is 0.865 bits per heavy atom. The van der Waals surface area contributed by atoms with Crippen molar-refractivity contribution in [2.75, 3.05) is 39.6 Å². The first-order valence-electron chi connectivity index (χ1n) is 17.1. The van der Waals surface area contributed by atoms with Gasteiger partial charge in [0, 0.05) is 12.8 Å². The Balaban J connectivity index is 0. The first-order chi connectivity index (χ1) is 31.7. The monoisotopic (exact) mass is 1220 g/mol. The predicted molar refractivity (Wildman–Crippen MR) is 153 cm³/mol. The van der Waals surface area contributed by atoms with E-state index in [1.807, 2.05) is 0 Å². The number of halogens is 34. The Morgan fingerprint density at radius 1 is 0.365 bits per heavy atom. The Kier molecular flexibility index (Phi) is 22.4. The van der Waals surface area contributed by atoms with E-state index in [0.29, 0.717) is 0 Å². The van der Waals surface area contributed by atoms with Gasteiger partial charge in [0.15, 0.2) is 5.25 Å². The van der Waals surface area contributed by atoms with E-state index in [-0.39, 0.29) is 29.6 Å². The number of rotatable bonds is 29. The second-order valence-corrected chi connectivity index (χ2v) is 15.4. The maximum absolute atomic E-state index is 14.0. The van der Waals surface area contributed by atoms with Crippen LogP contribution >= 0.6 is 0 Å². The summed E-state index contributed by atoms with van der Waals surface area (Å²) >= 11 is 0. The summed E-state index contributed by atoms with van der Waals surface area (Å²) in [5.41, 5.74) is 0. The quantitative estimate of drug-likeness (QED) is 0.0210. The topological polar surface area (TPSA) is 137 Å². The molecule has 1 unspecified atom stereocenters. The van der Waals surface area contributed by atoms with Crippen LogP contribution in [0.3, 0.4) is 0 Å². The molecular formula is C28H19F34NaO10S. The van der Waals surface area contributed by atoms with Crippen LogP contribution in [0.5, 0.6) is 0 Å². The van der Waals surface area contributed by atoms with E-state index >= 15 is 0 Å². The Hall–Kier alpha value is -2.65. The van der Waals surface area contributed by atoms with Crippen molar-refractivity contribution in [3.8, 4) is 0 Å². The van der Waals surface area contributed by atoms with E-state index in [1.165, 1.54) is 0 Å². The molecule has 0 heterocycles. The molecule has 0 spiro atoms. The molecule has 436 valence electrons. The van der Waals surface area contributed by atoms with Crippen LogP contribution in [0.1, 0.15) is 19.3 Å². The fraction of sp³-hybridized carbons (Fsp3) is 0.929. The number of ether oxygens (including phenoxy) is 4. The van der Waals surface area contributed by atoms with Gasteiger partial charge in [0.1, 0.15) is 13.2 Å². The van der Waals surface area contributed by atoms with Crippen molar-refractivity contribution in [1.82, 2.24) is 0 Å². The van der Waals surface area contributed by atoms with Crippen molar-refractivity contribution >= 4 is 22.1 Å². The zero-order chi connectivity index (χ0) is 59.1. The number of hydrogen-bond donors (Lipinski definition) is 0. The molecule has 0 saturated carbocycles. The van der Waals surface area contributed by atoms with Crippen molar-refractivity contribution in [1.29, 1.82) is 0 Å². The van der Waals surface area contributed by atoms with Crippen molar-refractivity contribution in [2.45, 2.75) is 120 Å². The maximum Gasteiger partial charge on any atom is 1.00 e. The summed E-state index contributed by atoms with van der Waals surface area (Å²) in [5.74, 6) is -122. The third kappa shape index (κ3) is 12.6. The molecule has 0 amide bonds. The minimum atomic E-state index is -8.94. The summed E-state index contributed by atoms with van der Waals surface area (Å²) in [6, 6.07) is 0. The van der Waals surface area contributed by atoms with Gasteiger partial charge in [0.2, 0.25) is 0 Å². The van der Waals surface area contributed by atoms with E-state index in [2.05, 4.69) is 23.3 Å². The van der Waals surface area contributed by atoms with E-state index in [4.69, 9.17) is 0 Å². The molecule has 74 heavy (non-hydrogen) atoms. The minimum absolute atomic E-state index is 0. The van der Waals surface area contributed by atoms with Crippen molar-refractivity contribution in [3.63, 3.8) is 0 Å². The van der Waals surface area contributed by atoms with Crippen LogP contribution in [0.4, 0.5) is 149 Å². The van der Waals surface area contributed by atoms with Gasteiger partial charge in [0.25, 0.3) is 10.1 Å². The van der Waals surface area contributed by atoms with Crippen LogP contribution in [0.25, 0.3) is 0 Å². The molecule has 0 aromatic carbocycles. The van der Waals surface area contributed by atoms with Crippen LogP contribution in [-0.4, -0.2) is 161 Å². The average Bonchev–Trinajstić information content (AvgIpc) is 3.20. The van der Waals surface area contributed by atoms with E-state index in [9.17, 15) is 173 Å². The molecule has 10 nitrogen and oxygen atoms in total. The van der Waals surface area contributed by atoms with Gasteiger partial charge < -0.3 is 28.5 Å². The minimum Gasteiger partial charge on any atom is -0.707 e. The van der Waals surface area contributed by atoms with Gasteiger partial charge in [-0.05, 0) is 0 Å². The number of alkyl halides is 34. The molecule has 0 saturated heterocycles. The van der Waals surface area contributed by atoms with Crippen LogP contribution in [-0.2, 0) is 43.0 Å². The summed E-state index contributed by atoms with van der Waals surface area (Å²) in [7, 11) is -5.98. The molecule has 0 aliphatic heterocycles. The zero-order valence-corrected chi connectivity index (χ0v) is 37.1. The molecule has 0 rings (SSSR count). The Bertz CT molecular complexity index is 2010. The van der Waals surface area contributed by atoms with Gasteiger partial charge in [-0.15, -0.1) is 0 Å². The fourth-order valence-electron chi connectivity index (χ4n) is 4.38. The molecule has 0 aromatic rings. The Morgan fingerprint density at radius 2 is 0.608 bits per heavy atom. The number of hydrogen-bond acceptors (Lipinski definition) is 10. The van der Waals surface area contributed by atoms with Crippen LogP contribution in [0, 0.1) is 0 Å². The van der Waals surface area contributed by atoms with Gasteiger partial charge in [0.05, 0.1) is 32.8 Å². The zero-order valence-electron chi connectivity index (χ0n) is 34.3. The van der Waals surface area contributed by atoms with E-state index in [1.54, 1.807) is 0 Å². The molecule has 0 radical (unpaired) electrons. The molecule has 0 aromatic heterocycles. The average molecular weight is 1220 g/mol. The Labute approximate surface area is 406 Å². The summed E-state index contributed by atoms with van der Waals surface area (Å²) in [5, 5.41) is 7.23. The van der Waals surface area contributed by atoms with E-state index < -0.39 is 181 Å². The predicted octanol–water partition coefficient (Wildman–Crippen LogP) is 6.29. The summed E-state index contributed by atoms with van der Waals surface area (Å²) in [4.78, 5) is 24.0. The second-order valence-electron chi connectivity index (χ2n) is 13.7. The van der Waals surface area contributed by atoms with Gasteiger partial charge in [-0.3, -0.25) is 9.59 Å². The van der Waals surface area contributed by atoms with Gasteiger partial charge in [-0.1, -0.05) is 0 Å². The molecule has 0 fully saturated rings. The molecule has 1 atom stereocenters. The summed E-state index contributed by atoms with van der Waals surface area (Å²) in [6.07, 6.45) is -24.4. The SMILES string of the molecule is O=C(CC(C(=O)OCCOCCC(F)(F)C(F)(F)C(F)(F)C(F)(F)C(F)(F)C(F)(F)C(F)(F)C(F)(F)F)S(=O)(=O)O[O-])OCCOCCC(F)(F)C(F)(F)C(F)(F)C(F)(F)C(F)(F)C(F)(F)C(F)(F)C(F)(F)F.[Na+]. The first kappa shape index (κ1) is 73.4. The van der Waals surface area contributed by atoms with Crippen molar-refractivity contribution in [2.24, 2.45) is 0 Å². The molecule has 46 heteroatoms. The molecule has 0 aliphatic carbocycles. The molecule has 0 N–H and O–H groups in total. The summed E-state index contributed by atoms with van der Waals surface area (Å²) in [6.45, 7) is -11.0. The van der Waals surface area contributed by atoms with Gasteiger partial charge in [-0.2, -0.15) is 158 Å². The molecule has 0 aliphatic rings. The number of carbonyl (C=O) groups excluding carboxylic acids is 2. The van der Waals surface area contributed by atoms with Crippen molar-refractivity contribution in [3.05, 3.63) is 0 Å². The third-order valence-electron chi connectivity index (χ3n) is 8.72. The normalized spacial score (nSPS) is 15.9. The van der Waals surface area contributed by atoms with Crippen LogP contribution in [0.15, 0.2) is 0 Å². The second kappa shape index (κ2) is 22.6. The first-order valence-corrected chi connectivity index (χ1v) is 18.6. The van der Waals surface area contributed by atoms with E-state index in [0.717, 1.165) is 0 Å². The maximum atomic E-state index is 14.0. The van der Waals surface area contributed by atoms with Gasteiger partial charge >= 0.3 is 137 Å². The number of esters is 2. The van der Waals surface area contributed by atoms with Crippen LogP contribution < -0.4 is 34.8 Å². The molecular weight excluding hydrogens is 1200 g/mol. The number of carbonyl (C=O) groups is 2.